The molecule has 1 aliphatic heterocycles. The molecule has 2 heterocycles. The predicted molar refractivity (Wildman–Crippen MR) is 137 cm³/mol. The van der Waals surface area contributed by atoms with Gasteiger partial charge in [0.25, 0.3) is 5.91 Å². The number of piperidine rings is 1. The third kappa shape index (κ3) is 5.96. The molecule has 0 radical (unpaired) electrons. The molecule has 7 nitrogen and oxygen atoms in total. The highest BCUT2D eigenvalue weighted by Crippen LogP contribution is 2.27. The number of ether oxygens (including phenoxy) is 2. The van der Waals surface area contributed by atoms with Crippen molar-refractivity contribution in [3.63, 3.8) is 0 Å². The van der Waals surface area contributed by atoms with Crippen LogP contribution in [-0.4, -0.2) is 48.0 Å². The van der Waals surface area contributed by atoms with Crippen molar-refractivity contribution in [1.82, 2.24) is 15.2 Å². The van der Waals surface area contributed by atoms with Crippen molar-refractivity contribution >= 4 is 22.7 Å². The van der Waals surface area contributed by atoms with Gasteiger partial charge in [-0.3, -0.25) is 9.59 Å². The molecule has 1 atom stereocenters. The summed E-state index contributed by atoms with van der Waals surface area (Å²) in [5.41, 5.74) is 2.51. The van der Waals surface area contributed by atoms with Gasteiger partial charge in [-0.2, -0.15) is 0 Å². The molecule has 35 heavy (non-hydrogen) atoms. The third-order valence-corrected chi connectivity index (χ3v) is 6.77. The summed E-state index contributed by atoms with van der Waals surface area (Å²) in [4.78, 5) is 30.9. The van der Waals surface area contributed by atoms with Gasteiger partial charge in [-0.1, -0.05) is 19.1 Å². The van der Waals surface area contributed by atoms with Crippen LogP contribution in [0.4, 0.5) is 0 Å². The molecule has 3 aromatic rings. The minimum absolute atomic E-state index is 0.000569. The standard InChI is InChI=1S/C28H35N3O4/c1-18(2)35-23-8-5-20(6-9-23)17-29-27(32)19(3)21-11-13-31(14-12-21)28(33)26-15-22-7-10-24(34-4)16-25(22)30-26/h5-10,15-16,18-19,21,30H,11-14,17H2,1-4H3,(H,29,32). The Bertz CT molecular complexity index is 1160. The fraction of sp³-hybridized carbons (Fsp3) is 0.429. The molecule has 1 fully saturated rings. The minimum atomic E-state index is -0.101. The number of nitrogens with one attached hydrogen (secondary N) is 2. The first-order valence-electron chi connectivity index (χ1n) is 12.3. The van der Waals surface area contributed by atoms with Crippen molar-refractivity contribution < 1.29 is 19.1 Å². The first-order chi connectivity index (χ1) is 16.8. The number of aromatic nitrogens is 1. The number of fused-ring (bicyclic) bond motifs is 1. The predicted octanol–water partition coefficient (Wildman–Crippen LogP) is 4.77. The molecule has 2 amide bonds. The van der Waals surface area contributed by atoms with Crippen LogP contribution in [0.5, 0.6) is 11.5 Å². The van der Waals surface area contributed by atoms with E-state index in [-0.39, 0.29) is 29.8 Å². The molecule has 0 bridgehead atoms. The second-order valence-electron chi connectivity index (χ2n) is 9.58. The number of hydrogen-bond donors (Lipinski definition) is 2. The Hall–Kier alpha value is -3.48. The van der Waals surface area contributed by atoms with E-state index in [9.17, 15) is 9.59 Å². The van der Waals surface area contributed by atoms with Crippen molar-refractivity contribution in [2.45, 2.75) is 46.3 Å². The third-order valence-electron chi connectivity index (χ3n) is 6.77. The molecule has 1 aromatic heterocycles. The van der Waals surface area contributed by atoms with Gasteiger partial charge < -0.3 is 24.7 Å². The highest BCUT2D eigenvalue weighted by molar-refractivity contribution is 5.98. The van der Waals surface area contributed by atoms with E-state index in [2.05, 4.69) is 10.3 Å². The van der Waals surface area contributed by atoms with Gasteiger partial charge in [0.1, 0.15) is 17.2 Å². The first kappa shape index (κ1) is 24.6. The van der Waals surface area contributed by atoms with E-state index in [1.165, 1.54) is 0 Å². The van der Waals surface area contributed by atoms with Crippen molar-refractivity contribution in [2.75, 3.05) is 20.2 Å². The van der Waals surface area contributed by atoms with E-state index in [1.807, 2.05) is 74.2 Å². The SMILES string of the molecule is COc1ccc2cc(C(=O)N3CCC(C(C)C(=O)NCc4ccc(OC(C)C)cc4)CC3)[nH]c2c1. The number of nitrogens with zero attached hydrogens (tertiary/aromatic N) is 1. The molecular weight excluding hydrogens is 442 g/mol. The van der Waals surface area contributed by atoms with E-state index >= 15 is 0 Å². The van der Waals surface area contributed by atoms with Gasteiger partial charge in [0, 0.05) is 42.5 Å². The molecule has 2 aromatic carbocycles. The topological polar surface area (TPSA) is 83.7 Å². The van der Waals surface area contributed by atoms with Gasteiger partial charge in [-0.25, -0.2) is 0 Å². The van der Waals surface area contributed by atoms with Gasteiger partial charge in [-0.15, -0.1) is 0 Å². The Labute approximate surface area is 206 Å². The first-order valence-corrected chi connectivity index (χ1v) is 12.3. The van der Waals surface area contributed by atoms with E-state index in [0.717, 1.165) is 40.8 Å². The molecule has 0 saturated carbocycles. The molecule has 0 spiro atoms. The lowest BCUT2D eigenvalue weighted by molar-refractivity contribution is -0.126. The van der Waals surface area contributed by atoms with Crippen molar-refractivity contribution in [2.24, 2.45) is 11.8 Å². The van der Waals surface area contributed by atoms with Crippen LogP contribution in [0.15, 0.2) is 48.5 Å². The maximum absolute atomic E-state index is 13.1. The van der Waals surface area contributed by atoms with E-state index < -0.39 is 0 Å². The summed E-state index contributed by atoms with van der Waals surface area (Å²) in [6, 6.07) is 15.4. The lowest BCUT2D eigenvalue weighted by Crippen LogP contribution is -2.42. The number of benzene rings is 2. The Morgan fingerprint density at radius 3 is 2.37 bits per heavy atom. The largest absolute Gasteiger partial charge is 0.497 e. The van der Waals surface area contributed by atoms with Crippen LogP contribution in [0.2, 0.25) is 0 Å². The highest BCUT2D eigenvalue weighted by atomic mass is 16.5. The molecular formula is C28H35N3O4. The van der Waals surface area contributed by atoms with E-state index in [0.29, 0.717) is 25.3 Å². The summed E-state index contributed by atoms with van der Waals surface area (Å²) in [6.45, 7) is 7.77. The van der Waals surface area contributed by atoms with E-state index in [4.69, 9.17) is 9.47 Å². The average Bonchev–Trinajstić information content (AvgIpc) is 3.30. The summed E-state index contributed by atoms with van der Waals surface area (Å²) in [7, 11) is 1.63. The Morgan fingerprint density at radius 2 is 1.71 bits per heavy atom. The zero-order valence-corrected chi connectivity index (χ0v) is 21.0. The number of carbonyl (C=O) groups excluding carboxylic acids is 2. The maximum atomic E-state index is 13.1. The summed E-state index contributed by atoms with van der Waals surface area (Å²) >= 11 is 0. The maximum Gasteiger partial charge on any atom is 0.270 e. The molecule has 186 valence electrons. The Morgan fingerprint density at radius 1 is 1.03 bits per heavy atom. The summed E-state index contributed by atoms with van der Waals surface area (Å²) in [5, 5.41) is 4.05. The summed E-state index contributed by atoms with van der Waals surface area (Å²) in [5.74, 6) is 1.80. The van der Waals surface area contributed by atoms with Gasteiger partial charge in [0.2, 0.25) is 5.91 Å². The van der Waals surface area contributed by atoms with E-state index in [1.54, 1.807) is 7.11 Å². The number of rotatable bonds is 8. The summed E-state index contributed by atoms with van der Waals surface area (Å²) < 4.78 is 10.9. The van der Waals surface area contributed by atoms with Gasteiger partial charge in [0.05, 0.1) is 13.2 Å². The highest BCUT2D eigenvalue weighted by Gasteiger charge is 2.30. The molecule has 0 aliphatic carbocycles. The monoisotopic (exact) mass is 477 g/mol. The zero-order valence-electron chi connectivity index (χ0n) is 21.0. The van der Waals surface area contributed by atoms with Crippen LogP contribution in [0.1, 0.15) is 49.7 Å². The van der Waals surface area contributed by atoms with Crippen LogP contribution >= 0.6 is 0 Å². The zero-order chi connectivity index (χ0) is 24.9. The van der Waals surface area contributed by atoms with Gasteiger partial charge >= 0.3 is 0 Å². The van der Waals surface area contributed by atoms with Crippen molar-refractivity contribution in [3.8, 4) is 11.5 Å². The lowest BCUT2D eigenvalue weighted by Gasteiger charge is -2.34. The number of hydrogen-bond acceptors (Lipinski definition) is 4. The average molecular weight is 478 g/mol. The Balaban J connectivity index is 1.26. The smallest absolute Gasteiger partial charge is 0.270 e. The second-order valence-corrected chi connectivity index (χ2v) is 9.58. The molecule has 1 aliphatic rings. The fourth-order valence-electron chi connectivity index (χ4n) is 4.64. The van der Waals surface area contributed by atoms with Crippen LogP contribution in [0.25, 0.3) is 10.9 Å². The number of likely N-dealkylation sites (tertiary alicyclic amines) is 1. The summed E-state index contributed by atoms with van der Waals surface area (Å²) in [6.07, 6.45) is 1.76. The normalized spacial score (nSPS) is 15.3. The molecule has 7 heteroatoms. The van der Waals surface area contributed by atoms with Crippen LogP contribution in [0.3, 0.4) is 0 Å². The lowest BCUT2D eigenvalue weighted by atomic mass is 9.84. The van der Waals surface area contributed by atoms with Crippen LogP contribution < -0.4 is 14.8 Å². The number of aromatic amines is 1. The second kappa shape index (κ2) is 10.8. The quantitative estimate of drug-likeness (QED) is 0.490. The van der Waals surface area contributed by atoms with Gasteiger partial charge in [0.15, 0.2) is 0 Å². The molecule has 1 saturated heterocycles. The molecule has 1 unspecified atom stereocenters. The number of methoxy groups -OCH3 is 1. The van der Waals surface area contributed by atoms with Crippen molar-refractivity contribution in [1.29, 1.82) is 0 Å². The van der Waals surface area contributed by atoms with Crippen LogP contribution in [0, 0.1) is 11.8 Å². The minimum Gasteiger partial charge on any atom is -0.497 e. The molecule has 4 rings (SSSR count). The number of H-pyrrole nitrogens is 1. The van der Waals surface area contributed by atoms with Crippen molar-refractivity contribution in [3.05, 3.63) is 59.8 Å². The molecule has 2 N–H and O–H groups in total. The number of carbonyl (C=O) groups is 2. The van der Waals surface area contributed by atoms with Crippen LogP contribution in [-0.2, 0) is 11.3 Å². The fourth-order valence-corrected chi connectivity index (χ4v) is 4.64. The number of amides is 2. The van der Waals surface area contributed by atoms with Gasteiger partial charge in [-0.05, 0) is 68.5 Å². The Kier molecular flexibility index (Phi) is 7.63.